The molecule has 0 spiro atoms. The number of phenols is 1. The van der Waals surface area contributed by atoms with E-state index in [1.54, 1.807) is 0 Å². The average Bonchev–Trinajstić information content (AvgIpc) is 2.72. The quantitative estimate of drug-likeness (QED) is 0.645. The van der Waals surface area contributed by atoms with E-state index in [1.165, 1.54) is 0 Å². The van der Waals surface area contributed by atoms with E-state index in [4.69, 9.17) is 0 Å². The summed E-state index contributed by atoms with van der Waals surface area (Å²) in [6.45, 7) is 1.99. The summed E-state index contributed by atoms with van der Waals surface area (Å²) in [7, 11) is 0. The largest absolute Gasteiger partial charge is 0.507 e. The van der Waals surface area contributed by atoms with Gasteiger partial charge in [-0.2, -0.15) is 0 Å². The fraction of sp³-hybridized carbons (Fsp3) is 0.0667. The number of aryl methyl sites for hydroxylation is 1. The molecule has 3 rings (SSSR count). The molecule has 0 radical (unpaired) electrons. The third-order valence-corrected chi connectivity index (χ3v) is 2.99. The normalized spacial score (nSPS) is 10.9. The first-order valence-corrected chi connectivity index (χ1v) is 5.62. The second kappa shape index (κ2) is 3.67. The summed E-state index contributed by atoms with van der Waals surface area (Å²) >= 11 is 0. The molecule has 2 heteroatoms. The number of benzene rings is 2. The molecule has 2 nitrogen and oxygen atoms in total. The Morgan fingerprint density at radius 3 is 2.53 bits per heavy atom. The van der Waals surface area contributed by atoms with Gasteiger partial charge in [0.2, 0.25) is 0 Å². The van der Waals surface area contributed by atoms with Crippen LogP contribution < -0.4 is 0 Å². The Hall–Kier alpha value is -2.22. The van der Waals surface area contributed by atoms with Crippen molar-refractivity contribution >= 4 is 10.9 Å². The van der Waals surface area contributed by atoms with Crippen molar-refractivity contribution in [1.82, 2.24) is 4.98 Å². The summed E-state index contributed by atoms with van der Waals surface area (Å²) in [4.78, 5) is 3.22. The van der Waals surface area contributed by atoms with E-state index in [2.05, 4.69) is 4.98 Å². The van der Waals surface area contributed by atoms with Crippen molar-refractivity contribution in [2.75, 3.05) is 0 Å². The number of phenolic OH excluding ortho intramolecular Hbond substituents is 1. The van der Waals surface area contributed by atoms with Gasteiger partial charge in [0.25, 0.3) is 0 Å². The molecule has 0 fully saturated rings. The minimum Gasteiger partial charge on any atom is -0.507 e. The summed E-state index contributed by atoms with van der Waals surface area (Å²) in [6, 6.07) is 15.8. The lowest BCUT2D eigenvalue weighted by Gasteiger charge is -2.05. The number of fused-ring (bicyclic) bond motifs is 1. The number of aromatic nitrogens is 1. The lowest BCUT2D eigenvalue weighted by atomic mass is 10.0. The Morgan fingerprint density at radius 2 is 1.76 bits per heavy atom. The summed E-state index contributed by atoms with van der Waals surface area (Å²) in [5.74, 6) is 0.345. The SMILES string of the molecule is Cc1cc2c(O)c(-c3ccccc3)ccc2[nH]1. The van der Waals surface area contributed by atoms with Crippen LogP contribution in [0.25, 0.3) is 22.0 Å². The number of aromatic hydroxyl groups is 1. The van der Waals surface area contributed by atoms with E-state index in [0.717, 1.165) is 27.7 Å². The van der Waals surface area contributed by atoms with Crippen LogP contribution >= 0.6 is 0 Å². The highest BCUT2D eigenvalue weighted by Gasteiger charge is 2.09. The molecule has 0 saturated carbocycles. The number of nitrogens with one attached hydrogen (secondary N) is 1. The molecule has 1 heterocycles. The van der Waals surface area contributed by atoms with Gasteiger partial charge in [-0.1, -0.05) is 30.3 Å². The maximum atomic E-state index is 10.3. The van der Waals surface area contributed by atoms with E-state index in [1.807, 2.05) is 55.5 Å². The van der Waals surface area contributed by atoms with Crippen molar-refractivity contribution in [3.05, 3.63) is 54.2 Å². The molecule has 0 bridgehead atoms. The van der Waals surface area contributed by atoms with Crippen LogP contribution in [0.3, 0.4) is 0 Å². The standard InChI is InChI=1S/C15H13NO/c1-10-9-13-14(16-10)8-7-12(15(13)17)11-5-3-2-4-6-11/h2-9,16-17H,1H3. The molecular weight excluding hydrogens is 210 g/mol. The van der Waals surface area contributed by atoms with Gasteiger partial charge in [-0.05, 0) is 30.7 Å². The van der Waals surface area contributed by atoms with E-state index >= 15 is 0 Å². The monoisotopic (exact) mass is 223 g/mol. The van der Waals surface area contributed by atoms with Gasteiger partial charge in [0.05, 0.1) is 0 Å². The molecule has 0 atom stereocenters. The van der Waals surface area contributed by atoms with Crippen LogP contribution in [0.4, 0.5) is 0 Å². The van der Waals surface area contributed by atoms with Crippen molar-refractivity contribution in [2.24, 2.45) is 0 Å². The number of H-pyrrole nitrogens is 1. The predicted molar refractivity (Wildman–Crippen MR) is 70.1 cm³/mol. The zero-order chi connectivity index (χ0) is 11.8. The van der Waals surface area contributed by atoms with Gasteiger partial charge in [-0.3, -0.25) is 0 Å². The second-order valence-electron chi connectivity index (χ2n) is 4.24. The lowest BCUT2D eigenvalue weighted by molar-refractivity contribution is 0.483. The van der Waals surface area contributed by atoms with Crippen molar-refractivity contribution in [2.45, 2.75) is 6.92 Å². The molecule has 2 N–H and O–H groups in total. The summed E-state index contributed by atoms with van der Waals surface area (Å²) in [5, 5.41) is 11.2. The average molecular weight is 223 g/mol. The Morgan fingerprint density at radius 1 is 1.00 bits per heavy atom. The second-order valence-corrected chi connectivity index (χ2v) is 4.24. The van der Waals surface area contributed by atoms with Gasteiger partial charge < -0.3 is 10.1 Å². The minimum atomic E-state index is 0.345. The fourth-order valence-corrected chi connectivity index (χ4v) is 2.18. The molecule has 84 valence electrons. The number of aromatic amines is 1. The van der Waals surface area contributed by atoms with Crippen LogP contribution in [0.1, 0.15) is 5.69 Å². The Kier molecular flexibility index (Phi) is 2.15. The van der Waals surface area contributed by atoms with E-state index in [0.29, 0.717) is 5.75 Å². The molecule has 3 aromatic rings. The highest BCUT2D eigenvalue weighted by Crippen LogP contribution is 2.35. The van der Waals surface area contributed by atoms with E-state index in [9.17, 15) is 5.11 Å². The highest BCUT2D eigenvalue weighted by molar-refractivity contribution is 5.93. The van der Waals surface area contributed by atoms with E-state index < -0.39 is 0 Å². The van der Waals surface area contributed by atoms with Gasteiger partial charge in [-0.15, -0.1) is 0 Å². The third kappa shape index (κ3) is 1.58. The molecule has 0 saturated heterocycles. The third-order valence-electron chi connectivity index (χ3n) is 2.99. The van der Waals surface area contributed by atoms with Crippen LogP contribution in [0, 0.1) is 6.92 Å². The molecule has 0 aliphatic carbocycles. The molecule has 1 aromatic heterocycles. The first-order valence-electron chi connectivity index (χ1n) is 5.62. The van der Waals surface area contributed by atoms with Crippen molar-refractivity contribution < 1.29 is 5.11 Å². The van der Waals surface area contributed by atoms with Crippen LogP contribution in [-0.4, -0.2) is 10.1 Å². The first-order chi connectivity index (χ1) is 8.25. The molecule has 0 aliphatic heterocycles. The molecular formula is C15H13NO. The first kappa shape index (κ1) is 9.97. The van der Waals surface area contributed by atoms with Crippen molar-refractivity contribution in [3.63, 3.8) is 0 Å². The zero-order valence-corrected chi connectivity index (χ0v) is 9.57. The highest BCUT2D eigenvalue weighted by atomic mass is 16.3. The van der Waals surface area contributed by atoms with Gasteiger partial charge in [0.15, 0.2) is 0 Å². The van der Waals surface area contributed by atoms with Gasteiger partial charge in [-0.25, -0.2) is 0 Å². The van der Waals surface area contributed by atoms with Crippen LogP contribution in [0.5, 0.6) is 5.75 Å². The van der Waals surface area contributed by atoms with Crippen molar-refractivity contribution in [1.29, 1.82) is 0 Å². The number of hydrogen-bond acceptors (Lipinski definition) is 1. The molecule has 17 heavy (non-hydrogen) atoms. The topological polar surface area (TPSA) is 36.0 Å². The van der Waals surface area contributed by atoms with Crippen LogP contribution in [-0.2, 0) is 0 Å². The zero-order valence-electron chi connectivity index (χ0n) is 9.57. The van der Waals surface area contributed by atoms with Gasteiger partial charge in [0, 0.05) is 22.2 Å². The maximum Gasteiger partial charge on any atom is 0.132 e. The summed E-state index contributed by atoms with van der Waals surface area (Å²) in [6.07, 6.45) is 0. The molecule has 0 amide bonds. The number of hydrogen-bond donors (Lipinski definition) is 2. The maximum absolute atomic E-state index is 10.3. The number of rotatable bonds is 1. The van der Waals surface area contributed by atoms with Crippen molar-refractivity contribution in [3.8, 4) is 16.9 Å². The van der Waals surface area contributed by atoms with Gasteiger partial charge >= 0.3 is 0 Å². The Bertz CT molecular complexity index is 668. The predicted octanol–water partition coefficient (Wildman–Crippen LogP) is 3.85. The smallest absolute Gasteiger partial charge is 0.132 e. The molecule has 0 aliphatic rings. The summed E-state index contributed by atoms with van der Waals surface area (Å²) in [5.41, 5.74) is 3.93. The minimum absolute atomic E-state index is 0.345. The Labute approximate surface area is 99.5 Å². The Balaban J connectivity index is 2.28. The van der Waals surface area contributed by atoms with Crippen LogP contribution in [0.2, 0.25) is 0 Å². The van der Waals surface area contributed by atoms with Gasteiger partial charge in [0.1, 0.15) is 5.75 Å². The fourth-order valence-electron chi connectivity index (χ4n) is 2.18. The molecule has 0 unspecified atom stereocenters. The summed E-state index contributed by atoms with van der Waals surface area (Å²) < 4.78 is 0. The molecule has 2 aromatic carbocycles. The van der Waals surface area contributed by atoms with Crippen LogP contribution in [0.15, 0.2) is 48.5 Å². The lowest BCUT2D eigenvalue weighted by Crippen LogP contribution is -1.79. The van der Waals surface area contributed by atoms with E-state index in [-0.39, 0.29) is 0 Å².